The van der Waals surface area contributed by atoms with Crippen LogP contribution in [0.15, 0.2) is 42.5 Å². The smallest absolute Gasteiger partial charge is 0.335 e. The van der Waals surface area contributed by atoms with Crippen LogP contribution in [0.2, 0.25) is 5.02 Å². The minimum absolute atomic E-state index is 0.159. The number of benzene rings is 2. The van der Waals surface area contributed by atoms with Gasteiger partial charge in [0.15, 0.2) is 0 Å². The zero-order valence-corrected chi connectivity index (χ0v) is 11.9. The van der Waals surface area contributed by atoms with E-state index in [2.05, 4.69) is 0 Å². The monoisotopic (exact) mass is 291 g/mol. The Balaban J connectivity index is 2.43. The molecule has 104 valence electrons. The summed E-state index contributed by atoms with van der Waals surface area (Å²) >= 11 is 6.17. The first-order valence-corrected chi connectivity index (χ1v) is 6.32. The third kappa shape index (κ3) is 2.70. The van der Waals surface area contributed by atoms with Crippen molar-refractivity contribution in [1.82, 2.24) is 0 Å². The van der Waals surface area contributed by atoms with E-state index in [1.54, 1.807) is 13.2 Å². The molecule has 0 saturated carbocycles. The molecule has 4 nitrogen and oxygen atoms in total. The minimum atomic E-state index is -1.00. The van der Waals surface area contributed by atoms with Crippen LogP contribution in [0.3, 0.4) is 0 Å². The first-order valence-electron chi connectivity index (χ1n) is 5.94. The summed E-state index contributed by atoms with van der Waals surface area (Å²) in [6, 6.07) is 12.2. The molecule has 1 N–H and O–H groups in total. The predicted molar refractivity (Wildman–Crippen MR) is 79.5 cm³/mol. The summed E-state index contributed by atoms with van der Waals surface area (Å²) in [5, 5.41) is 9.32. The van der Waals surface area contributed by atoms with Crippen molar-refractivity contribution in [3.63, 3.8) is 0 Å². The average molecular weight is 292 g/mol. The molecule has 0 heterocycles. The number of nitrogens with zero attached hydrogens (tertiary/aromatic N) is 1. The quantitative estimate of drug-likeness (QED) is 0.930. The van der Waals surface area contributed by atoms with Crippen LogP contribution >= 0.6 is 11.6 Å². The van der Waals surface area contributed by atoms with Gasteiger partial charge in [0.25, 0.3) is 0 Å². The molecule has 0 radical (unpaired) electrons. The summed E-state index contributed by atoms with van der Waals surface area (Å²) in [5.74, 6) is -0.285. The zero-order chi connectivity index (χ0) is 14.7. The van der Waals surface area contributed by atoms with E-state index in [0.29, 0.717) is 16.5 Å². The van der Waals surface area contributed by atoms with E-state index in [4.69, 9.17) is 21.4 Å². The Morgan fingerprint density at radius 3 is 2.50 bits per heavy atom. The van der Waals surface area contributed by atoms with Crippen LogP contribution in [0.1, 0.15) is 10.4 Å². The fraction of sp³-hybridized carbons (Fsp3) is 0.133. The lowest BCUT2D eigenvalue weighted by Gasteiger charge is -2.23. The number of anilines is 2. The van der Waals surface area contributed by atoms with Gasteiger partial charge in [0.05, 0.1) is 29.1 Å². The summed E-state index contributed by atoms with van der Waals surface area (Å²) in [7, 11) is 3.45. The Bertz CT molecular complexity index is 643. The van der Waals surface area contributed by atoms with E-state index in [1.807, 2.05) is 36.2 Å². The van der Waals surface area contributed by atoms with E-state index < -0.39 is 5.97 Å². The van der Waals surface area contributed by atoms with Gasteiger partial charge in [-0.3, -0.25) is 0 Å². The third-order valence-electron chi connectivity index (χ3n) is 3.00. The van der Waals surface area contributed by atoms with E-state index in [1.165, 1.54) is 12.1 Å². The first-order chi connectivity index (χ1) is 9.54. The number of aromatic carboxylic acids is 1. The molecule has 0 aromatic heterocycles. The number of carbonyl (C=O) groups is 1. The van der Waals surface area contributed by atoms with E-state index >= 15 is 0 Å². The van der Waals surface area contributed by atoms with Gasteiger partial charge in [-0.15, -0.1) is 0 Å². The molecule has 0 aliphatic rings. The van der Waals surface area contributed by atoms with E-state index in [-0.39, 0.29) is 5.56 Å². The summed E-state index contributed by atoms with van der Waals surface area (Å²) in [6.45, 7) is 0. The molecule has 0 spiro atoms. The average Bonchev–Trinajstić information content (AvgIpc) is 2.46. The highest BCUT2D eigenvalue weighted by Gasteiger charge is 2.14. The van der Waals surface area contributed by atoms with Crippen LogP contribution < -0.4 is 9.64 Å². The van der Waals surface area contributed by atoms with Gasteiger partial charge >= 0.3 is 5.97 Å². The second kappa shape index (κ2) is 5.84. The number of hydrogen-bond donors (Lipinski definition) is 1. The topological polar surface area (TPSA) is 49.8 Å². The number of ether oxygens (including phenoxy) is 1. The molecule has 20 heavy (non-hydrogen) atoms. The van der Waals surface area contributed by atoms with Crippen LogP contribution in [0, 0.1) is 0 Å². The normalized spacial score (nSPS) is 10.2. The number of para-hydroxylation sites is 2. The van der Waals surface area contributed by atoms with E-state index in [9.17, 15) is 4.79 Å². The molecule has 0 atom stereocenters. The van der Waals surface area contributed by atoms with Gasteiger partial charge in [-0.25, -0.2) is 4.79 Å². The van der Waals surface area contributed by atoms with Gasteiger partial charge in [-0.05, 0) is 30.3 Å². The number of methoxy groups -OCH3 is 1. The second-order valence-electron chi connectivity index (χ2n) is 4.20. The molecule has 5 heteroatoms. The van der Waals surface area contributed by atoms with E-state index in [0.717, 1.165) is 5.69 Å². The van der Waals surface area contributed by atoms with Crippen molar-refractivity contribution in [2.75, 3.05) is 19.1 Å². The van der Waals surface area contributed by atoms with Crippen LogP contribution in [-0.2, 0) is 0 Å². The molecule has 0 amide bonds. The SMILES string of the molecule is COc1ccccc1N(C)c1ccc(C(=O)O)cc1Cl. The Morgan fingerprint density at radius 1 is 1.20 bits per heavy atom. The first kappa shape index (κ1) is 14.2. The fourth-order valence-corrected chi connectivity index (χ4v) is 2.26. The summed E-state index contributed by atoms with van der Waals surface area (Å²) in [4.78, 5) is 12.8. The molecule has 0 saturated heterocycles. The highest BCUT2D eigenvalue weighted by Crippen LogP contribution is 2.36. The Labute approximate surface area is 122 Å². The molecule has 2 rings (SSSR count). The molecule has 0 aliphatic heterocycles. The zero-order valence-electron chi connectivity index (χ0n) is 11.1. The molecule has 0 unspecified atom stereocenters. The van der Waals surface area contributed by atoms with Crippen molar-refractivity contribution >= 4 is 28.9 Å². The molecule has 2 aromatic rings. The summed E-state index contributed by atoms with van der Waals surface area (Å²) in [6.07, 6.45) is 0. The van der Waals surface area contributed by atoms with Crippen LogP contribution in [0.25, 0.3) is 0 Å². The maximum atomic E-state index is 10.9. The third-order valence-corrected chi connectivity index (χ3v) is 3.31. The number of carboxylic acids is 1. The highest BCUT2D eigenvalue weighted by atomic mass is 35.5. The van der Waals surface area contributed by atoms with Crippen molar-refractivity contribution in [2.24, 2.45) is 0 Å². The van der Waals surface area contributed by atoms with Crippen LogP contribution in [-0.4, -0.2) is 25.2 Å². The van der Waals surface area contributed by atoms with Gasteiger partial charge in [-0.1, -0.05) is 23.7 Å². The number of halogens is 1. The molecule has 0 bridgehead atoms. The lowest BCUT2D eigenvalue weighted by molar-refractivity contribution is 0.0697. The van der Waals surface area contributed by atoms with Crippen molar-refractivity contribution in [3.8, 4) is 5.75 Å². The maximum Gasteiger partial charge on any atom is 0.335 e. The number of carboxylic acid groups (broad SMARTS) is 1. The largest absolute Gasteiger partial charge is 0.495 e. The van der Waals surface area contributed by atoms with Gasteiger partial charge < -0.3 is 14.7 Å². The maximum absolute atomic E-state index is 10.9. The summed E-state index contributed by atoms with van der Waals surface area (Å²) < 4.78 is 5.31. The fourth-order valence-electron chi connectivity index (χ4n) is 1.95. The standard InChI is InChI=1S/C15H14ClNO3/c1-17(13-5-3-4-6-14(13)20-2)12-8-7-10(15(18)19)9-11(12)16/h3-9H,1-2H3,(H,18,19). The predicted octanol–water partition coefficient (Wildman–Crippen LogP) is 3.81. The minimum Gasteiger partial charge on any atom is -0.495 e. The molecule has 2 aromatic carbocycles. The lowest BCUT2D eigenvalue weighted by atomic mass is 10.2. The van der Waals surface area contributed by atoms with Gasteiger partial charge in [0, 0.05) is 7.05 Å². The molecule has 0 fully saturated rings. The van der Waals surface area contributed by atoms with Crippen molar-refractivity contribution < 1.29 is 14.6 Å². The Morgan fingerprint density at radius 2 is 1.90 bits per heavy atom. The highest BCUT2D eigenvalue weighted by molar-refractivity contribution is 6.33. The molecule has 0 aliphatic carbocycles. The summed E-state index contributed by atoms with van der Waals surface area (Å²) in [5.41, 5.74) is 1.72. The van der Waals surface area contributed by atoms with Crippen molar-refractivity contribution in [3.05, 3.63) is 53.1 Å². The second-order valence-corrected chi connectivity index (χ2v) is 4.61. The van der Waals surface area contributed by atoms with Crippen LogP contribution in [0.5, 0.6) is 5.75 Å². The van der Waals surface area contributed by atoms with Gasteiger partial charge in [0.2, 0.25) is 0 Å². The number of rotatable bonds is 4. The van der Waals surface area contributed by atoms with Crippen LogP contribution in [0.4, 0.5) is 11.4 Å². The lowest BCUT2D eigenvalue weighted by Crippen LogP contribution is -2.11. The molecular formula is C15H14ClNO3. The number of hydrogen-bond acceptors (Lipinski definition) is 3. The van der Waals surface area contributed by atoms with Crippen molar-refractivity contribution in [1.29, 1.82) is 0 Å². The van der Waals surface area contributed by atoms with Gasteiger partial charge in [-0.2, -0.15) is 0 Å². The van der Waals surface area contributed by atoms with Crippen molar-refractivity contribution in [2.45, 2.75) is 0 Å². The Kier molecular flexibility index (Phi) is 4.15. The Hall–Kier alpha value is -2.20. The molecular weight excluding hydrogens is 278 g/mol. The van der Waals surface area contributed by atoms with Gasteiger partial charge in [0.1, 0.15) is 5.75 Å².